The summed E-state index contributed by atoms with van der Waals surface area (Å²) in [6.45, 7) is 4.03. The van der Waals surface area contributed by atoms with Crippen LogP contribution >= 0.6 is 0 Å². The number of benzene rings is 10. The average Bonchev–Trinajstić information content (AvgIpc) is 4.07. The highest BCUT2D eigenvalue weighted by Gasteiger charge is 2.19. The highest BCUT2D eigenvalue weighted by Crippen LogP contribution is 2.42. The van der Waals surface area contributed by atoms with Crippen molar-refractivity contribution in [1.82, 2.24) is 4.57 Å². The van der Waals surface area contributed by atoms with E-state index in [9.17, 15) is 0 Å². The molecule has 0 aliphatic heterocycles. The molecule has 0 spiro atoms. The summed E-state index contributed by atoms with van der Waals surface area (Å²) in [4.78, 5) is 2.32. The molecule has 0 saturated heterocycles. The quantitative estimate of drug-likeness (QED) is 0.153. The van der Waals surface area contributed by atoms with Gasteiger partial charge in [0.15, 0.2) is 0 Å². The van der Waals surface area contributed by atoms with Crippen molar-refractivity contribution in [2.45, 2.75) is 0 Å². The van der Waals surface area contributed by atoms with Crippen molar-refractivity contribution in [2.24, 2.45) is 0 Å². The SMILES string of the molecule is C=Cc1cccc2c1oc1c(-c3ccc(N(c4ccc(-c5ccc(-n6c7ccccc7c7ccccc76)cc5)cc4)c4ccc(-c5cccc6c5oc5ccccc56)cc4)cc3)cccc12. The number of para-hydroxylation sites is 6. The molecule has 13 aromatic rings. The molecule has 0 unspecified atom stereocenters. The van der Waals surface area contributed by atoms with Gasteiger partial charge in [-0.1, -0.05) is 170 Å². The molecular formula is C62H40N2O2. The molecule has 4 heteroatoms. The number of anilines is 3. The van der Waals surface area contributed by atoms with Gasteiger partial charge in [-0.25, -0.2) is 0 Å². The van der Waals surface area contributed by atoms with Gasteiger partial charge in [0.25, 0.3) is 0 Å². The van der Waals surface area contributed by atoms with Crippen molar-refractivity contribution < 1.29 is 8.83 Å². The molecule has 0 amide bonds. The normalized spacial score (nSPS) is 11.7. The van der Waals surface area contributed by atoms with Gasteiger partial charge in [0.2, 0.25) is 0 Å². The molecule has 0 atom stereocenters. The Hall–Kier alpha value is -8.86. The fourth-order valence-electron chi connectivity index (χ4n) is 10.0. The zero-order chi connectivity index (χ0) is 43.7. The van der Waals surface area contributed by atoms with Gasteiger partial charge < -0.3 is 18.3 Å². The van der Waals surface area contributed by atoms with Gasteiger partial charge in [0.05, 0.1) is 11.0 Å². The number of furan rings is 2. The number of hydrogen-bond donors (Lipinski definition) is 0. The lowest BCUT2D eigenvalue weighted by Gasteiger charge is -2.26. The van der Waals surface area contributed by atoms with Crippen LogP contribution in [0.25, 0.3) is 111 Å². The van der Waals surface area contributed by atoms with E-state index >= 15 is 0 Å². The summed E-state index contributed by atoms with van der Waals surface area (Å²) in [5.74, 6) is 0. The minimum Gasteiger partial charge on any atom is -0.455 e. The summed E-state index contributed by atoms with van der Waals surface area (Å²) in [5, 5.41) is 6.95. The van der Waals surface area contributed by atoms with Crippen LogP contribution in [0.3, 0.4) is 0 Å². The summed E-state index contributed by atoms with van der Waals surface area (Å²) in [6, 6.07) is 80.0. The third-order valence-electron chi connectivity index (χ3n) is 13.2. The first-order valence-electron chi connectivity index (χ1n) is 22.4. The Labute approximate surface area is 381 Å². The van der Waals surface area contributed by atoms with Gasteiger partial charge in [-0.3, -0.25) is 0 Å². The largest absolute Gasteiger partial charge is 0.455 e. The number of nitrogens with zero attached hydrogens (tertiary/aromatic N) is 2. The summed E-state index contributed by atoms with van der Waals surface area (Å²) >= 11 is 0. The maximum atomic E-state index is 6.59. The van der Waals surface area contributed by atoms with E-state index < -0.39 is 0 Å². The molecule has 0 aliphatic carbocycles. The zero-order valence-electron chi connectivity index (χ0n) is 35.9. The predicted molar refractivity (Wildman–Crippen MR) is 276 cm³/mol. The van der Waals surface area contributed by atoms with Crippen LogP contribution in [-0.4, -0.2) is 4.57 Å². The molecule has 0 fully saturated rings. The second-order valence-corrected chi connectivity index (χ2v) is 16.9. The molecule has 0 aliphatic rings. The van der Waals surface area contributed by atoms with Crippen LogP contribution in [0.4, 0.5) is 17.1 Å². The van der Waals surface area contributed by atoms with Crippen molar-refractivity contribution in [3.8, 4) is 39.1 Å². The maximum absolute atomic E-state index is 6.59. The average molecular weight is 845 g/mol. The summed E-state index contributed by atoms with van der Waals surface area (Å²) in [7, 11) is 0. The van der Waals surface area contributed by atoms with E-state index in [1.165, 1.54) is 21.8 Å². The van der Waals surface area contributed by atoms with E-state index in [4.69, 9.17) is 8.83 Å². The summed E-state index contributed by atoms with van der Waals surface area (Å²) in [5.41, 5.74) is 17.8. The lowest BCUT2D eigenvalue weighted by atomic mass is 10.0. The van der Waals surface area contributed by atoms with Crippen molar-refractivity contribution in [3.05, 3.63) is 237 Å². The topological polar surface area (TPSA) is 34.5 Å². The lowest BCUT2D eigenvalue weighted by Crippen LogP contribution is -2.09. The highest BCUT2D eigenvalue weighted by molar-refractivity contribution is 6.12. The molecule has 310 valence electrons. The third-order valence-corrected chi connectivity index (χ3v) is 13.2. The Morgan fingerprint density at radius 1 is 0.348 bits per heavy atom. The number of rotatable bonds is 8. The molecule has 3 aromatic heterocycles. The summed E-state index contributed by atoms with van der Waals surface area (Å²) < 4.78 is 15.4. The number of hydrogen-bond acceptors (Lipinski definition) is 3. The Kier molecular flexibility index (Phi) is 8.65. The van der Waals surface area contributed by atoms with Crippen LogP contribution in [0.5, 0.6) is 0 Å². The molecule has 0 bridgehead atoms. The van der Waals surface area contributed by atoms with Gasteiger partial charge in [0, 0.05) is 71.8 Å². The second-order valence-electron chi connectivity index (χ2n) is 16.9. The minimum absolute atomic E-state index is 0.861. The van der Waals surface area contributed by atoms with Crippen LogP contribution in [0, 0.1) is 0 Å². The van der Waals surface area contributed by atoms with Crippen molar-refractivity contribution in [3.63, 3.8) is 0 Å². The van der Waals surface area contributed by atoms with E-state index in [0.29, 0.717) is 0 Å². The predicted octanol–water partition coefficient (Wildman–Crippen LogP) is 17.7. The molecule has 66 heavy (non-hydrogen) atoms. The Morgan fingerprint density at radius 3 is 1.33 bits per heavy atom. The second kappa shape index (κ2) is 15.2. The van der Waals surface area contributed by atoms with Crippen LogP contribution < -0.4 is 4.90 Å². The molecule has 0 radical (unpaired) electrons. The smallest absolute Gasteiger partial charge is 0.143 e. The fraction of sp³-hybridized carbons (Fsp3) is 0. The molecule has 0 saturated carbocycles. The Morgan fingerprint density at radius 2 is 0.773 bits per heavy atom. The van der Waals surface area contributed by atoms with Crippen molar-refractivity contribution >= 4 is 88.8 Å². The van der Waals surface area contributed by atoms with Gasteiger partial charge >= 0.3 is 0 Å². The first kappa shape index (κ1) is 37.7. The fourth-order valence-corrected chi connectivity index (χ4v) is 10.0. The molecule has 10 aromatic carbocycles. The molecule has 13 rings (SSSR count). The molecule has 3 heterocycles. The highest BCUT2D eigenvalue weighted by atomic mass is 16.3. The molecule has 0 N–H and O–H groups in total. The Balaban J connectivity index is 0.876. The van der Waals surface area contributed by atoms with Crippen LogP contribution in [0.2, 0.25) is 0 Å². The standard InChI is InChI=1S/C62H40N2O2/c1-2-40-12-9-18-55-56-20-11-17-50(62(56)66-60(40)55)44-30-38-47(39-31-44)63(46-36-28-43(29-37-46)49-16-10-19-54-53-15-5-8-23-59(53)65-61(49)54)45-32-24-41(25-33-45)42-26-34-48(35-27-42)64-57-21-6-3-13-51(57)52-14-4-7-22-58(52)64/h2-39H,1H2. The van der Waals surface area contributed by atoms with Crippen LogP contribution in [0.1, 0.15) is 5.56 Å². The lowest BCUT2D eigenvalue weighted by molar-refractivity contribution is 0.669. The van der Waals surface area contributed by atoms with Crippen LogP contribution in [0.15, 0.2) is 240 Å². The number of fused-ring (bicyclic) bond motifs is 9. The minimum atomic E-state index is 0.861. The van der Waals surface area contributed by atoms with E-state index in [2.05, 4.69) is 222 Å². The van der Waals surface area contributed by atoms with Gasteiger partial charge in [-0.05, 0) is 89.0 Å². The van der Waals surface area contributed by atoms with E-state index in [-0.39, 0.29) is 0 Å². The summed E-state index contributed by atoms with van der Waals surface area (Å²) in [6.07, 6.45) is 1.86. The number of aromatic nitrogens is 1. The Bertz CT molecular complexity index is 3930. The van der Waals surface area contributed by atoms with Crippen LogP contribution in [-0.2, 0) is 0 Å². The monoisotopic (exact) mass is 844 g/mol. The van der Waals surface area contributed by atoms with E-state index in [1.54, 1.807) is 0 Å². The van der Waals surface area contributed by atoms with Crippen molar-refractivity contribution in [1.29, 1.82) is 0 Å². The van der Waals surface area contributed by atoms with Gasteiger partial charge in [-0.2, -0.15) is 0 Å². The molecular weight excluding hydrogens is 805 g/mol. The molecule has 4 nitrogen and oxygen atoms in total. The van der Waals surface area contributed by atoms with Gasteiger partial charge in [0.1, 0.15) is 22.3 Å². The first-order chi connectivity index (χ1) is 32.7. The van der Waals surface area contributed by atoms with E-state index in [1.807, 2.05) is 24.3 Å². The third kappa shape index (κ3) is 6.00. The first-order valence-corrected chi connectivity index (χ1v) is 22.4. The maximum Gasteiger partial charge on any atom is 0.143 e. The zero-order valence-corrected chi connectivity index (χ0v) is 35.9. The van der Waals surface area contributed by atoms with E-state index in [0.717, 1.165) is 106 Å². The van der Waals surface area contributed by atoms with Crippen molar-refractivity contribution in [2.75, 3.05) is 4.90 Å². The van der Waals surface area contributed by atoms with Gasteiger partial charge in [-0.15, -0.1) is 0 Å².